The molecule has 0 fully saturated rings. The van der Waals surface area contributed by atoms with Crippen molar-refractivity contribution in [3.63, 3.8) is 0 Å². The van der Waals surface area contributed by atoms with Crippen molar-refractivity contribution >= 4 is 12.0 Å². The van der Waals surface area contributed by atoms with E-state index in [4.69, 9.17) is 9.47 Å². The summed E-state index contributed by atoms with van der Waals surface area (Å²) in [5.41, 5.74) is 3.20. The van der Waals surface area contributed by atoms with Gasteiger partial charge in [-0.05, 0) is 49.6 Å². The molecule has 0 saturated heterocycles. The van der Waals surface area contributed by atoms with Crippen LogP contribution in [0.25, 0.3) is 6.08 Å². The fourth-order valence-electron chi connectivity index (χ4n) is 3.05. The topological polar surface area (TPSA) is 55.8 Å². The smallest absolute Gasteiger partial charge is 0.339 e. The van der Waals surface area contributed by atoms with Crippen molar-refractivity contribution in [2.45, 2.75) is 38.6 Å². The van der Waals surface area contributed by atoms with Crippen LogP contribution in [0.15, 0.2) is 17.7 Å². The van der Waals surface area contributed by atoms with E-state index in [1.54, 1.807) is 27.0 Å². The molecule has 0 radical (unpaired) electrons. The summed E-state index contributed by atoms with van der Waals surface area (Å²) in [6.45, 7) is 5.42. The summed E-state index contributed by atoms with van der Waals surface area (Å²) < 4.78 is 11.0. The quantitative estimate of drug-likeness (QED) is 0.841. The summed E-state index contributed by atoms with van der Waals surface area (Å²) in [5.74, 6) is -0.321. The summed E-state index contributed by atoms with van der Waals surface area (Å²) in [4.78, 5) is 12.0. The summed E-state index contributed by atoms with van der Waals surface area (Å²) in [6, 6.07) is 3.70. The molecule has 1 aromatic carbocycles. The normalized spacial score (nSPS) is 24.2. The van der Waals surface area contributed by atoms with E-state index in [2.05, 4.69) is 0 Å². The molecule has 0 bridgehead atoms. The molecule has 0 amide bonds. The van der Waals surface area contributed by atoms with E-state index in [1.165, 1.54) is 0 Å². The molecule has 0 aromatic heterocycles. The molecule has 2 atom stereocenters. The molecule has 3 rings (SSSR count). The first kappa shape index (κ1) is 13.3. The van der Waals surface area contributed by atoms with Crippen molar-refractivity contribution in [2.24, 2.45) is 0 Å². The van der Waals surface area contributed by atoms with Crippen LogP contribution in [0.5, 0.6) is 0 Å². The van der Waals surface area contributed by atoms with Gasteiger partial charge in [-0.2, -0.15) is 0 Å². The Hall–Kier alpha value is -1.65. The highest BCUT2D eigenvalue weighted by Gasteiger charge is 2.46. The maximum atomic E-state index is 12.0. The van der Waals surface area contributed by atoms with Gasteiger partial charge in [0.1, 0.15) is 6.10 Å². The SMILES string of the molecule is COC1C(C(C)(C)O)=Cc2c(C)ccc3c2C1OC3=O. The summed E-state index contributed by atoms with van der Waals surface area (Å²) in [7, 11) is 1.57. The van der Waals surface area contributed by atoms with Gasteiger partial charge in [0.05, 0.1) is 11.2 Å². The first-order chi connectivity index (χ1) is 9.34. The second-order valence-corrected chi connectivity index (χ2v) is 5.90. The van der Waals surface area contributed by atoms with Gasteiger partial charge in [-0.1, -0.05) is 6.07 Å². The number of benzene rings is 1. The van der Waals surface area contributed by atoms with Crippen molar-refractivity contribution in [2.75, 3.05) is 7.11 Å². The Bertz CT molecular complexity index is 622. The number of esters is 1. The molecular formula is C16H18O4. The Kier molecular flexibility index (Phi) is 2.78. The third-order valence-electron chi connectivity index (χ3n) is 4.09. The highest BCUT2D eigenvalue weighted by molar-refractivity contribution is 5.96. The first-order valence-electron chi connectivity index (χ1n) is 6.66. The van der Waals surface area contributed by atoms with E-state index in [0.717, 1.165) is 22.3 Å². The van der Waals surface area contributed by atoms with E-state index >= 15 is 0 Å². The monoisotopic (exact) mass is 274 g/mol. The van der Waals surface area contributed by atoms with Crippen molar-refractivity contribution in [3.8, 4) is 0 Å². The molecule has 1 aliphatic carbocycles. The van der Waals surface area contributed by atoms with E-state index in [0.29, 0.717) is 5.56 Å². The lowest BCUT2D eigenvalue weighted by Crippen LogP contribution is -2.37. The van der Waals surface area contributed by atoms with Crippen LogP contribution in [-0.2, 0) is 9.47 Å². The second kappa shape index (κ2) is 4.17. The molecule has 2 aliphatic rings. The number of carbonyl (C=O) groups is 1. The Balaban J connectivity index is 2.28. The number of carbonyl (C=O) groups excluding carboxylic acids is 1. The minimum atomic E-state index is -1.03. The zero-order chi connectivity index (χ0) is 14.7. The molecule has 1 aliphatic heterocycles. The average molecular weight is 274 g/mol. The van der Waals surface area contributed by atoms with Crippen LogP contribution in [0.4, 0.5) is 0 Å². The van der Waals surface area contributed by atoms with Crippen molar-refractivity contribution in [1.29, 1.82) is 0 Å². The maximum absolute atomic E-state index is 12.0. The Morgan fingerprint density at radius 1 is 1.35 bits per heavy atom. The van der Waals surface area contributed by atoms with Gasteiger partial charge in [0.2, 0.25) is 0 Å². The van der Waals surface area contributed by atoms with Crippen LogP contribution >= 0.6 is 0 Å². The van der Waals surface area contributed by atoms with Crippen LogP contribution in [0.1, 0.15) is 47.0 Å². The molecule has 20 heavy (non-hydrogen) atoms. The Labute approximate surface area is 118 Å². The molecule has 4 nitrogen and oxygen atoms in total. The lowest BCUT2D eigenvalue weighted by molar-refractivity contribution is -0.0300. The predicted molar refractivity (Wildman–Crippen MR) is 74.4 cm³/mol. The standard InChI is InChI=1S/C16H18O4/c1-8-5-6-9-12-10(8)7-11(16(2,3)18)13(19-4)14(12)20-15(9)17/h5-7,13-14,18H,1-4H3. The molecular weight excluding hydrogens is 256 g/mol. The van der Waals surface area contributed by atoms with Gasteiger partial charge in [0.25, 0.3) is 0 Å². The van der Waals surface area contributed by atoms with E-state index in [-0.39, 0.29) is 5.97 Å². The molecule has 106 valence electrons. The van der Waals surface area contributed by atoms with Gasteiger partial charge in [0, 0.05) is 12.7 Å². The predicted octanol–water partition coefficient (Wildman–Crippen LogP) is 2.39. The van der Waals surface area contributed by atoms with Gasteiger partial charge in [-0.15, -0.1) is 0 Å². The van der Waals surface area contributed by atoms with Gasteiger partial charge < -0.3 is 14.6 Å². The first-order valence-corrected chi connectivity index (χ1v) is 6.66. The zero-order valence-electron chi connectivity index (χ0n) is 12.1. The van der Waals surface area contributed by atoms with Gasteiger partial charge in [0.15, 0.2) is 6.10 Å². The Morgan fingerprint density at radius 3 is 2.65 bits per heavy atom. The lowest BCUT2D eigenvalue weighted by atomic mass is 9.79. The highest BCUT2D eigenvalue weighted by atomic mass is 16.6. The summed E-state index contributed by atoms with van der Waals surface area (Å²) in [6.07, 6.45) is 1.01. The number of hydrogen-bond donors (Lipinski definition) is 1. The van der Waals surface area contributed by atoms with Crippen LogP contribution in [0, 0.1) is 6.92 Å². The molecule has 0 saturated carbocycles. The van der Waals surface area contributed by atoms with E-state index < -0.39 is 17.8 Å². The van der Waals surface area contributed by atoms with Crippen molar-refractivity contribution in [3.05, 3.63) is 40.0 Å². The molecule has 1 heterocycles. The second-order valence-electron chi connectivity index (χ2n) is 5.90. The number of methoxy groups -OCH3 is 1. The number of aliphatic hydroxyl groups is 1. The lowest BCUT2D eigenvalue weighted by Gasteiger charge is -2.35. The van der Waals surface area contributed by atoms with E-state index in [1.807, 2.05) is 19.1 Å². The van der Waals surface area contributed by atoms with Gasteiger partial charge in [-0.25, -0.2) is 4.79 Å². The van der Waals surface area contributed by atoms with Gasteiger partial charge >= 0.3 is 5.97 Å². The maximum Gasteiger partial charge on any atom is 0.339 e. The number of hydrogen-bond acceptors (Lipinski definition) is 4. The zero-order valence-corrected chi connectivity index (χ0v) is 12.1. The third kappa shape index (κ3) is 1.72. The van der Waals surface area contributed by atoms with Crippen LogP contribution in [0.2, 0.25) is 0 Å². The third-order valence-corrected chi connectivity index (χ3v) is 4.09. The van der Waals surface area contributed by atoms with E-state index in [9.17, 15) is 9.90 Å². The van der Waals surface area contributed by atoms with Crippen LogP contribution in [-0.4, -0.2) is 29.9 Å². The van der Waals surface area contributed by atoms with Gasteiger partial charge in [-0.3, -0.25) is 0 Å². The highest BCUT2D eigenvalue weighted by Crippen LogP contribution is 2.46. The summed E-state index contributed by atoms with van der Waals surface area (Å²) >= 11 is 0. The average Bonchev–Trinajstić information content (AvgIpc) is 2.69. The molecule has 1 aromatic rings. The fourth-order valence-corrected chi connectivity index (χ4v) is 3.05. The molecule has 1 N–H and O–H groups in total. The largest absolute Gasteiger partial charge is 0.451 e. The molecule has 4 heteroatoms. The molecule has 2 unspecified atom stereocenters. The number of ether oxygens (including phenoxy) is 2. The summed E-state index contributed by atoms with van der Waals surface area (Å²) in [5, 5.41) is 10.4. The van der Waals surface area contributed by atoms with Crippen LogP contribution < -0.4 is 0 Å². The Morgan fingerprint density at radius 2 is 2.05 bits per heavy atom. The number of rotatable bonds is 2. The van der Waals surface area contributed by atoms with Crippen LogP contribution in [0.3, 0.4) is 0 Å². The molecule has 0 spiro atoms. The minimum Gasteiger partial charge on any atom is -0.451 e. The van der Waals surface area contributed by atoms with Crippen molar-refractivity contribution < 1.29 is 19.4 Å². The fraction of sp³-hybridized carbons (Fsp3) is 0.438. The minimum absolute atomic E-state index is 0.321. The van der Waals surface area contributed by atoms with Crippen molar-refractivity contribution in [1.82, 2.24) is 0 Å². The number of aryl methyl sites for hydroxylation is 1.